The molecule has 1 aromatic rings. The fraction of sp³-hybridized carbons (Fsp3) is 0.588. The Morgan fingerprint density at radius 3 is 2.60 bits per heavy atom. The average molecular weight is 275 g/mol. The van der Waals surface area contributed by atoms with Crippen molar-refractivity contribution in [2.75, 3.05) is 18.5 Å². The standard InChI is InChI=1S/C17H29N3/c1-7-9-15-11-14(13-18-17(3,4)5)12-16(19-15)20(6)10-8-2/h8,11-12,18H,2,7,9-10,13H2,1,3-6H3. The van der Waals surface area contributed by atoms with E-state index < -0.39 is 0 Å². The van der Waals surface area contributed by atoms with Gasteiger partial charge in [0.2, 0.25) is 0 Å². The van der Waals surface area contributed by atoms with Crippen LogP contribution in [0.2, 0.25) is 0 Å². The first-order chi connectivity index (χ1) is 9.35. The first kappa shape index (κ1) is 16.7. The summed E-state index contributed by atoms with van der Waals surface area (Å²) < 4.78 is 0. The van der Waals surface area contributed by atoms with Gasteiger partial charge in [0.1, 0.15) is 5.82 Å². The number of hydrogen-bond donors (Lipinski definition) is 1. The van der Waals surface area contributed by atoms with E-state index in [4.69, 9.17) is 4.98 Å². The van der Waals surface area contributed by atoms with Crippen LogP contribution in [0.25, 0.3) is 0 Å². The van der Waals surface area contributed by atoms with Gasteiger partial charge in [0.05, 0.1) is 0 Å². The van der Waals surface area contributed by atoms with Gasteiger partial charge in [0.15, 0.2) is 0 Å². The Bertz CT molecular complexity index is 432. The molecule has 20 heavy (non-hydrogen) atoms. The van der Waals surface area contributed by atoms with Crippen LogP contribution in [0.3, 0.4) is 0 Å². The van der Waals surface area contributed by atoms with Gasteiger partial charge in [0, 0.05) is 31.4 Å². The van der Waals surface area contributed by atoms with Gasteiger partial charge in [-0.1, -0.05) is 19.4 Å². The second-order valence-corrected chi connectivity index (χ2v) is 6.35. The van der Waals surface area contributed by atoms with Crippen LogP contribution in [0.5, 0.6) is 0 Å². The fourth-order valence-corrected chi connectivity index (χ4v) is 1.97. The molecule has 0 atom stereocenters. The number of nitrogens with one attached hydrogen (secondary N) is 1. The van der Waals surface area contributed by atoms with Gasteiger partial charge < -0.3 is 10.2 Å². The van der Waals surface area contributed by atoms with Gasteiger partial charge in [-0.15, -0.1) is 6.58 Å². The second-order valence-electron chi connectivity index (χ2n) is 6.35. The van der Waals surface area contributed by atoms with Gasteiger partial charge in [-0.3, -0.25) is 0 Å². The predicted octanol–water partition coefficient (Wildman–Crippen LogP) is 3.54. The summed E-state index contributed by atoms with van der Waals surface area (Å²) in [6.07, 6.45) is 4.05. The highest BCUT2D eigenvalue weighted by Gasteiger charge is 2.11. The molecule has 0 aliphatic rings. The molecule has 1 aromatic heterocycles. The number of aromatic nitrogens is 1. The molecular weight excluding hydrogens is 246 g/mol. The Morgan fingerprint density at radius 1 is 1.35 bits per heavy atom. The van der Waals surface area contributed by atoms with E-state index in [2.05, 4.69) is 63.7 Å². The van der Waals surface area contributed by atoms with Crippen LogP contribution < -0.4 is 10.2 Å². The fourth-order valence-electron chi connectivity index (χ4n) is 1.97. The molecule has 3 nitrogen and oxygen atoms in total. The Morgan fingerprint density at radius 2 is 2.05 bits per heavy atom. The van der Waals surface area contributed by atoms with Crippen molar-refractivity contribution >= 4 is 5.82 Å². The van der Waals surface area contributed by atoms with Crippen molar-refractivity contribution in [3.63, 3.8) is 0 Å². The maximum absolute atomic E-state index is 4.74. The predicted molar refractivity (Wildman–Crippen MR) is 88.3 cm³/mol. The van der Waals surface area contributed by atoms with Crippen molar-refractivity contribution in [3.8, 4) is 0 Å². The minimum Gasteiger partial charge on any atom is -0.356 e. The van der Waals surface area contributed by atoms with Gasteiger partial charge in [-0.2, -0.15) is 0 Å². The monoisotopic (exact) mass is 275 g/mol. The number of likely N-dealkylation sites (N-methyl/N-ethyl adjacent to an activating group) is 1. The van der Waals surface area contributed by atoms with Crippen molar-refractivity contribution < 1.29 is 0 Å². The van der Waals surface area contributed by atoms with E-state index in [1.54, 1.807) is 0 Å². The number of anilines is 1. The maximum atomic E-state index is 4.74. The molecule has 0 amide bonds. The molecule has 0 spiro atoms. The topological polar surface area (TPSA) is 28.2 Å². The highest BCUT2D eigenvalue weighted by molar-refractivity contribution is 5.42. The maximum Gasteiger partial charge on any atom is 0.129 e. The Kier molecular flexibility index (Phi) is 6.21. The van der Waals surface area contributed by atoms with E-state index >= 15 is 0 Å². The van der Waals surface area contributed by atoms with Crippen molar-refractivity contribution in [1.29, 1.82) is 0 Å². The van der Waals surface area contributed by atoms with Crippen LogP contribution >= 0.6 is 0 Å². The molecule has 0 saturated carbocycles. The van der Waals surface area contributed by atoms with E-state index in [0.717, 1.165) is 31.7 Å². The molecule has 3 heteroatoms. The highest BCUT2D eigenvalue weighted by atomic mass is 15.2. The molecule has 1 heterocycles. The second kappa shape index (κ2) is 7.44. The van der Waals surface area contributed by atoms with E-state index in [-0.39, 0.29) is 5.54 Å². The van der Waals surface area contributed by atoms with Crippen molar-refractivity contribution in [2.45, 2.75) is 52.6 Å². The van der Waals surface area contributed by atoms with Gasteiger partial charge in [0.25, 0.3) is 0 Å². The van der Waals surface area contributed by atoms with Crippen molar-refractivity contribution in [3.05, 3.63) is 36.0 Å². The van der Waals surface area contributed by atoms with Gasteiger partial charge in [-0.05, 0) is 44.9 Å². The third kappa shape index (κ3) is 5.74. The molecule has 0 aliphatic carbocycles. The zero-order chi connectivity index (χ0) is 15.2. The highest BCUT2D eigenvalue weighted by Crippen LogP contribution is 2.16. The lowest BCUT2D eigenvalue weighted by Gasteiger charge is -2.22. The largest absolute Gasteiger partial charge is 0.356 e. The molecular formula is C17H29N3. The quantitative estimate of drug-likeness (QED) is 0.771. The molecule has 0 saturated heterocycles. The summed E-state index contributed by atoms with van der Waals surface area (Å²) in [4.78, 5) is 6.87. The lowest BCUT2D eigenvalue weighted by molar-refractivity contribution is 0.424. The summed E-state index contributed by atoms with van der Waals surface area (Å²) >= 11 is 0. The molecule has 1 rings (SSSR count). The normalized spacial score (nSPS) is 11.4. The molecule has 0 radical (unpaired) electrons. The van der Waals surface area contributed by atoms with Crippen molar-refractivity contribution in [1.82, 2.24) is 10.3 Å². The van der Waals surface area contributed by atoms with Crippen molar-refractivity contribution in [2.24, 2.45) is 0 Å². The number of aryl methyl sites for hydroxylation is 1. The lowest BCUT2D eigenvalue weighted by Crippen LogP contribution is -2.35. The number of pyridine rings is 1. The summed E-state index contributed by atoms with van der Waals surface area (Å²) in [5.74, 6) is 1.03. The first-order valence-corrected chi connectivity index (χ1v) is 7.42. The Balaban J connectivity index is 2.94. The zero-order valence-electron chi connectivity index (χ0n) is 13.7. The molecule has 1 N–H and O–H groups in total. The minimum absolute atomic E-state index is 0.126. The van der Waals surface area contributed by atoms with Gasteiger partial charge in [-0.25, -0.2) is 4.98 Å². The lowest BCUT2D eigenvalue weighted by atomic mass is 10.1. The van der Waals surface area contributed by atoms with Crippen LogP contribution in [-0.2, 0) is 13.0 Å². The Labute approximate surface area is 124 Å². The summed E-state index contributed by atoms with van der Waals surface area (Å²) in [5.41, 5.74) is 2.59. The Hall–Kier alpha value is -1.35. The number of hydrogen-bond acceptors (Lipinski definition) is 3. The smallest absolute Gasteiger partial charge is 0.129 e. The minimum atomic E-state index is 0.126. The molecule has 0 fully saturated rings. The summed E-state index contributed by atoms with van der Waals surface area (Å²) in [7, 11) is 2.06. The molecule has 0 aliphatic heterocycles. The molecule has 112 valence electrons. The van der Waals surface area contributed by atoms with Gasteiger partial charge >= 0.3 is 0 Å². The summed E-state index contributed by atoms with van der Waals surface area (Å²) in [5, 5.41) is 3.54. The summed E-state index contributed by atoms with van der Waals surface area (Å²) in [6, 6.07) is 4.38. The van der Waals surface area contributed by atoms with Crippen LogP contribution in [0.1, 0.15) is 45.4 Å². The SMILES string of the molecule is C=CCN(C)c1cc(CNC(C)(C)C)cc(CCC)n1. The van der Waals surface area contributed by atoms with Crippen LogP contribution in [0.4, 0.5) is 5.82 Å². The zero-order valence-corrected chi connectivity index (χ0v) is 13.7. The molecule has 0 bridgehead atoms. The van der Waals surface area contributed by atoms with E-state index in [0.29, 0.717) is 0 Å². The van der Waals surface area contributed by atoms with E-state index in [1.165, 1.54) is 11.3 Å². The summed E-state index contributed by atoms with van der Waals surface area (Å²) in [6.45, 7) is 14.2. The van der Waals surface area contributed by atoms with E-state index in [9.17, 15) is 0 Å². The first-order valence-electron chi connectivity index (χ1n) is 7.42. The number of rotatable bonds is 7. The molecule has 0 unspecified atom stereocenters. The average Bonchev–Trinajstić information content (AvgIpc) is 2.36. The number of nitrogens with zero attached hydrogens (tertiary/aromatic N) is 2. The third-order valence-corrected chi connectivity index (χ3v) is 3.05. The van der Waals surface area contributed by atoms with Crippen LogP contribution in [-0.4, -0.2) is 24.1 Å². The van der Waals surface area contributed by atoms with Crippen LogP contribution in [0, 0.1) is 0 Å². The molecule has 0 aromatic carbocycles. The van der Waals surface area contributed by atoms with Crippen LogP contribution in [0.15, 0.2) is 24.8 Å². The third-order valence-electron chi connectivity index (χ3n) is 3.05. The van der Waals surface area contributed by atoms with E-state index in [1.807, 2.05) is 6.08 Å².